The summed E-state index contributed by atoms with van der Waals surface area (Å²) in [7, 11) is 0. The van der Waals surface area contributed by atoms with Crippen molar-refractivity contribution in [1.29, 1.82) is 5.26 Å². The number of ether oxygens (including phenoxy) is 2. The zero-order chi connectivity index (χ0) is 26.1. The monoisotopic (exact) mass is 499 g/mol. The van der Waals surface area contributed by atoms with E-state index in [1.54, 1.807) is 24.0 Å². The summed E-state index contributed by atoms with van der Waals surface area (Å²) in [5.74, 6) is 2.00. The van der Waals surface area contributed by atoms with Crippen LogP contribution < -0.4 is 9.47 Å². The van der Waals surface area contributed by atoms with Gasteiger partial charge in [-0.3, -0.25) is 4.98 Å². The fraction of sp³-hybridized carbons (Fsp3) is 0.300. The molecule has 1 saturated carbocycles. The smallest absolute Gasteiger partial charge is 0.140 e. The van der Waals surface area contributed by atoms with E-state index in [0.717, 1.165) is 45.6 Å². The predicted molar refractivity (Wildman–Crippen MR) is 149 cm³/mol. The minimum Gasteiger partial charge on any atom is -0.489 e. The Morgan fingerprint density at radius 1 is 0.889 bits per heavy atom. The first-order valence-electron chi connectivity index (χ1n) is 12.4. The summed E-state index contributed by atoms with van der Waals surface area (Å²) in [4.78, 5) is 9.10. The van der Waals surface area contributed by atoms with Crippen LogP contribution in [0.3, 0.4) is 0 Å². The van der Waals surface area contributed by atoms with Crippen LogP contribution in [0.25, 0.3) is 22.2 Å². The van der Waals surface area contributed by atoms with E-state index in [0.29, 0.717) is 22.8 Å². The normalized spacial score (nSPS) is 11.9. The molecule has 1 aromatic heterocycles. The molecule has 36 heavy (non-hydrogen) atoms. The number of nitriles is 1. The average Bonchev–Trinajstić information content (AvgIpc) is 3.76. The minimum atomic E-state index is 0.244. The molecule has 0 aliphatic heterocycles. The van der Waals surface area contributed by atoms with Crippen molar-refractivity contribution in [2.45, 2.75) is 58.6 Å². The third kappa shape index (κ3) is 6.56. The Morgan fingerprint density at radius 2 is 1.58 bits per heavy atom. The van der Waals surface area contributed by atoms with E-state index in [-0.39, 0.29) is 6.10 Å². The first kappa shape index (κ1) is 27.0. The molecule has 5 rings (SSSR count). The van der Waals surface area contributed by atoms with E-state index in [1.807, 2.05) is 83.3 Å². The van der Waals surface area contributed by atoms with Crippen LogP contribution in [0.15, 0.2) is 65.8 Å². The summed E-state index contributed by atoms with van der Waals surface area (Å²) >= 11 is 1.58. The lowest BCUT2D eigenvalue weighted by molar-refractivity contribution is 0.299. The van der Waals surface area contributed by atoms with Gasteiger partial charge in [0.2, 0.25) is 0 Å². The number of aromatic nitrogens is 2. The van der Waals surface area contributed by atoms with Crippen LogP contribution in [0.1, 0.15) is 51.7 Å². The van der Waals surface area contributed by atoms with Gasteiger partial charge in [-0.15, -0.1) is 11.8 Å². The molecule has 1 aliphatic rings. The second-order valence-corrected chi connectivity index (χ2v) is 8.61. The highest BCUT2D eigenvalue weighted by Crippen LogP contribution is 2.36. The second-order valence-electron chi connectivity index (χ2n) is 7.79. The maximum Gasteiger partial charge on any atom is 0.140 e. The zero-order valence-electron chi connectivity index (χ0n) is 21.8. The molecular weight excluding hydrogens is 466 g/mol. The Bertz CT molecular complexity index is 1340. The number of aryl methyl sites for hydroxylation is 1. The largest absolute Gasteiger partial charge is 0.489 e. The van der Waals surface area contributed by atoms with Crippen molar-refractivity contribution in [2.75, 3.05) is 6.26 Å². The van der Waals surface area contributed by atoms with Gasteiger partial charge in [0.05, 0.1) is 28.9 Å². The number of thioether (sulfide) groups is 1. The lowest BCUT2D eigenvalue weighted by Crippen LogP contribution is -2.01. The van der Waals surface area contributed by atoms with Crippen molar-refractivity contribution in [3.63, 3.8) is 0 Å². The molecule has 186 valence electrons. The number of hydrogen-bond acceptors (Lipinski definition) is 6. The van der Waals surface area contributed by atoms with Gasteiger partial charge in [0.1, 0.15) is 28.3 Å². The third-order valence-electron chi connectivity index (χ3n) is 5.33. The van der Waals surface area contributed by atoms with Crippen LogP contribution in [0.2, 0.25) is 0 Å². The summed E-state index contributed by atoms with van der Waals surface area (Å²) in [6.45, 7) is 9.94. The van der Waals surface area contributed by atoms with Crippen molar-refractivity contribution in [3.8, 4) is 34.4 Å². The first-order chi connectivity index (χ1) is 17.6. The Labute approximate surface area is 218 Å². The molecule has 0 spiro atoms. The SMILES string of the molecule is CC.CC.CSc1cnc2cc(-c3ccc(Oc4cc(C)c(OC5CC5)c(C#N)c4)cc3)ccc2n1. The molecule has 0 atom stereocenters. The van der Waals surface area contributed by atoms with Crippen molar-refractivity contribution in [2.24, 2.45) is 0 Å². The van der Waals surface area contributed by atoms with Gasteiger partial charge in [-0.25, -0.2) is 4.98 Å². The zero-order valence-corrected chi connectivity index (χ0v) is 22.6. The predicted octanol–water partition coefficient (Wildman–Crippen LogP) is 8.58. The van der Waals surface area contributed by atoms with Gasteiger partial charge < -0.3 is 9.47 Å². The second kappa shape index (κ2) is 12.9. The number of nitrogens with zero attached hydrogens (tertiary/aromatic N) is 3. The van der Waals surface area contributed by atoms with Gasteiger partial charge in [-0.1, -0.05) is 45.9 Å². The number of fused-ring (bicyclic) bond motifs is 1. The highest BCUT2D eigenvalue weighted by Gasteiger charge is 2.25. The summed E-state index contributed by atoms with van der Waals surface area (Å²) in [5.41, 5.74) is 5.30. The van der Waals surface area contributed by atoms with Crippen molar-refractivity contribution in [1.82, 2.24) is 9.97 Å². The van der Waals surface area contributed by atoms with E-state index in [9.17, 15) is 5.26 Å². The molecule has 5 nitrogen and oxygen atoms in total. The van der Waals surface area contributed by atoms with E-state index >= 15 is 0 Å². The molecule has 0 saturated heterocycles. The fourth-order valence-corrected chi connectivity index (χ4v) is 3.86. The van der Waals surface area contributed by atoms with Crippen molar-refractivity contribution >= 4 is 22.8 Å². The van der Waals surface area contributed by atoms with Gasteiger partial charge in [-0.05, 0) is 73.0 Å². The lowest BCUT2D eigenvalue weighted by Gasteiger charge is -2.13. The molecular formula is C30H33N3O2S. The summed E-state index contributed by atoms with van der Waals surface area (Å²) in [5, 5.41) is 10.4. The molecule has 0 radical (unpaired) electrons. The van der Waals surface area contributed by atoms with E-state index in [4.69, 9.17) is 9.47 Å². The van der Waals surface area contributed by atoms with Crippen molar-refractivity contribution < 1.29 is 9.47 Å². The van der Waals surface area contributed by atoms with Gasteiger partial charge in [0, 0.05) is 6.07 Å². The average molecular weight is 500 g/mol. The highest BCUT2D eigenvalue weighted by molar-refractivity contribution is 7.98. The molecule has 0 unspecified atom stereocenters. The number of benzene rings is 3. The lowest BCUT2D eigenvalue weighted by atomic mass is 10.0. The Balaban J connectivity index is 0.000000861. The minimum absolute atomic E-state index is 0.244. The van der Waals surface area contributed by atoms with Crippen LogP contribution in [-0.4, -0.2) is 22.3 Å². The van der Waals surface area contributed by atoms with E-state index in [1.165, 1.54) is 0 Å². The van der Waals surface area contributed by atoms with Crippen LogP contribution >= 0.6 is 11.8 Å². The highest BCUT2D eigenvalue weighted by atomic mass is 32.2. The van der Waals surface area contributed by atoms with Gasteiger partial charge in [-0.2, -0.15) is 5.26 Å². The molecule has 4 aromatic rings. The summed E-state index contributed by atoms with van der Waals surface area (Å²) < 4.78 is 11.9. The van der Waals surface area contributed by atoms with Crippen LogP contribution in [0, 0.1) is 18.3 Å². The van der Waals surface area contributed by atoms with Crippen molar-refractivity contribution in [3.05, 3.63) is 71.9 Å². The van der Waals surface area contributed by atoms with Gasteiger partial charge >= 0.3 is 0 Å². The van der Waals surface area contributed by atoms with Gasteiger partial charge in [0.25, 0.3) is 0 Å². The van der Waals surface area contributed by atoms with E-state index < -0.39 is 0 Å². The number of rotatable bonds is 6. The standard InChI is InChI=1S/C26H21N3O2S.2C2H6/c1-16-11-22(12-19(14-27)26(16)31-21-8-9-21)30-20-6-3-17(4-7-20)18-5-10-23-24(13-18)28-15-25(29-23)32-2;2*1-2/h3-7,10-13,15,21H,8-9H2,1-2H3;2*1-2H3. The van der Waals surface area contributed by atoms with Crippen LogP contribution in [-0.2, 0) is 0 Å². The van der Waals surface area contributed by atoms with Crippen LogP contribution in [0.5, 0.6) is 17.2 Å². The van der Waals surface area contributed by atoms with Gasteiger partial charge in [0.15, 0.2) is 0 Å². The summed E-state index contributed by atoms with van der Waals surface area (Å²) in [6.07, 6.45) is 6.14. The molecule has 1 fully saturated rings. The molecule has 0 N–H and O–H groups in total. The Morgan fingerprint density at radius 3 is 2.22 bits per heavy atom. The molecule has 0 amide bonds. The fourth-order valence-electron chi connectivity index (χ4n) is 3.51. The maximum absolute atomic E-state index is 9.54. The Kier molecular flexibility index (Phi) is 9.72. The maximum atomic E-state index is 9.54. The molecule has 3 aromatic carbocycles. The Hall–Kier alpha value is -3.56. The molecule has 1 aliphatic carbocycles. The van der Waals surface area contributed by atoms with Crippen LogP contribution in [0.4, 0.5) is 0 Å². The molecule has 1 heterocycles. The quantitative estimate of drug-likeness (QED) is 0.247. The first-order valence-corrected chi connectivity index (χ1v) is 13.7. The number of hydrogen-bond donors (Lipinski definition) is 0. The molecule has 0 bridgehead atoms. The van der Waals surface area contributed by atoms with E-state index in [2.05, 4.69) is 22.1 Å². The topological polar surface area (TPSA) is 68.0 Å². The molecule has 6 heteroatoms. The summed E-state index contributed by atoms with van der Waals surface area (Å²) in [6, 6.07) is 19.9. The third-order valence-corrected chi connectivity index (χ3v) is 5.95.